The van der Waals surface area contributed by atoms with Gasteiger partial charge in [-0.2, -0.15) is 0 Å². The lowest BCUT2D eigenvalue weighted by molar-refractivity contribution is -0.125. The Morgan fingerprint density at radius 1 is 1.24 bits per heavy atom. The van der Waals surface area contributed by atoms with E-state index in [9.17, 15) is 9.59 Å². The molecule has 0 aromatic carbocycles. The Labute approximate surface area is 103 Å². The fourth-order valence-electron chi connectivity index (χ4n) is 2.15. The Hall–Kier alpha value is -1.32. The molecule has 1 rings (SSSR count). The molecule has 1 aliphatic carbocycles. The molecule has 4 heteroatoms. The molecule has 2 N–H and O–H groups in total. The predicted octanol–water partition coefficient (Wildman–Crippen LogP) is 1.52. The monoisotopic (exact) mass is 238 g/mol. The molecule has 17 heavy (non-hydrogen) atoms. The van der Waals surface area contributed by atoms with Crippen LogP contribution in [-0.4, -0.2) is 23.9 Å². The SMILES string of the molecule is C=C(C)C(=O)NCC(=O)NC1(C)CCCCC1. The first-order chi connectivity index (χ1) is 7.93. The summed E-state index contributed by atoms with van der Waals surface area (Å²) in [6, 6.07) is 0. The van der Waals surface area contributed by atoms with E-state index in [1.807, 2.05) is 0 Å². The van der Waals surface area contributed by atoms with Gasteiger partial charge >= 0.3 is 0 Å². The van der Waals surface area contributed by atoms with Crippen LogP contribution >= 0.6 is 0 Å². The van der Waals surface area contributed by atoms with E-state index in [2.05, 4.69) is 24.1 Å². The van der Waals surface area contributed by atoms with Gasteiger partial charge in [-0.3, -0.25) is 9.59 Å². The summed E-state index contributed by atoms with van der Waals surface area (Å²) in [7, 11) is 0. The van der Waals surface area contributed by atoms with E-state index in [0.29, 0.717) is 5.57 Å². The zero-order valence-corrected chi connectivity index (χ0v) is 10.8. The van der Waals surface area contributed by atoms with Crippen molar-refractivity contribution in [3.8, 4) is 0 Å². The molecule has 0 radical (unpaired) electrons. The molecule has 0 bridgehead atoms. The zero-order chi connectivity index (χ0) is 12.9. The average molecular weight is 238 g/mol. The maximum Gasteiger partial charge on any atom is 0.246 e. The Balaban J connectivity index is 2.33. The van der Waals surface area contributed by atoms with E-state index in [0.717, 1.165) is 25.7 Å². The van der Waals surface area contributed by atoms with Crippen molar-refractivity contribution in [1.82, 2.24) is 10.6 Å². The summed E-state index contributed by atoms with van der Waals surface area (Å²) in [4.78, 5) is 22.9. The molecule has 0 atom stereocenters. The van der Waals surface area contributed by atoms with Gasteiger partial charge in [0.2, 0.25) is 11.8 Å². The number of carbonyl (C=O) groups is 2. The number of amides is 2. The molecule has 1 aliphatic rings. The van der Waals surface area contributed by atoms with Crippen LogP contribution in [0.15, 0.2) is 12.2 Å². The normalized spacial score (nSPS) is 18.2. The van der Waals surface area contributed by atoms with Crippen molar-refractivity contribution >= 4 is 11.8 Å². The lowest BCUT2D eigenvalue weighted by Crippen LogP contribution is -2.50. The minimum absolute atomic E-state index is 0.0291. The highest BCUT2D eigenvalue weighted by Crippen LogP contribution is 2.27. The molecule has 1 saturated carbocycles. The van der Waals surface area contributed by atoms with Crippen molar-refractivity contribution in [2.75, 3.05) is 6.54 Å². The van der Waals surface area contributed by atoms with Gasteiger partial charge in [0.1, 0.15) is 0 Å². The van der Waals surface area contributed by atoms with Crippen molar-refractivity contribution in [2.45, 2.75) is 51.5 Å². The van der Waals surface area contributed by atoms with Crippen molar-refractivity contribution < 1.29 is 9.59 Å². The molecule has 0 aromatic heterocycles. The number of rotatable bonds is 4. The van der Waals surface area contributed by atoms with Gasteiger partial charge in [-0.25, -0.2) is 0 Å². The lowest BCUT2D eigenvalue weighted by Gasteiger charge is -2.34. The van der Waals surface area contributed by atoms with Crippen molar-refractivity contribution in [3.05, 3.63) is 12.2 Å². The minimum Gasteiger partial charge on any atom is -0.349 e. The number of carbonyl (C=O) groups excluding carboxylic acids is 2. The standard InChI is InChI=1S/C13H22N2O2/c1-10(2)12(17)14-9-11(16)15-13(3)7-5-4-6-8-13/h1,4-9H2,2-3H3,(H,14,17)(H,15,16). The van der Waals surface area contributed by atoms with Crippen LogP contribution in [0, 0.1) is 0 Å². The zero-order valence-electron chi connectivity index (χ0n) is 10.8. The van der Waals surface area contributed by atoms with Crippen LogP contribution in [-0.2, 0) is 9.59 Å². The number of nitrogens with one attached hydrogen (secondary N) is 2. The summed E-state index contributed by atoms with van der Waals surface area (Å²) >= 11 is 0. The molecule has 4 nitrogen and oxygen atoms in total. The van der Waals surface area contributed by atoms with Crippen LogP contribution in [0.25, 0.3) is 0 Å². The summed E-state index contributed by atoms with van der Waals surface area (Å²) in [5.41, 5.74) is 0.324. The Morgan fingerprint density at radius 3 is 2.35 bits per heavy atom. The predicted molar refractivity (Wildman–Crippen MR) is 67.5 cm³/mol. The highest BCUT2D eigenvalue weighted by atomic mass is 16.2. The van der Waals surface area contributed by atoms with Crippen LogP contribution < -0.4 is 10.6 Å². The lowest BCUT2D eigenvalue weighted by atomic mass is 9.83. The fraction of sp³-hybridized carbons (Fsp3) is 0.692. The van der Waals surface area contributed by atoms with Gasteiger partial charge in [0.15, 0.2) is 0 Å². The van der Waals surface area contributed by atoms with Crippen LogP contribution in [0.3, 0.4) is 0 Å². The van der Waals surface area contributed by atoms with Crippen molar-refractivity contribution in [3.63, 3.8) is 0 Å². The van der Waals surface area contributed by atoms with E-state index < -0.39 is 0 Å². The fourth-order valence-corrected chi connectivity index (χ4v) is 2.15. The van der Waals surface area contributed by atoms with E-state index in [-0.39, 0.29) is 23.9 Å². The average Bonchev–Trinajstić information content (AvgIpc) is 2.26. The smallest absolute Gasteiger partial charge is 0.246 e. The third-order valence-electron chi connectivity index (χ3n) is 3.20. The molecule has 1 fully saturated rings. The topological polar surface area (TPSA) is 58.2 Å². The van der Waals surface area contributed by atoms with E-state index in [1.165, 1.54) is 6.42 Å². The van der Waals surface area contributed by atoms with Crippen LogP contribution in [0.2, 0.25) is 0 Å². The first-order valence-corrected chi connectivity index (χ1v) is 6.18. The van der Waals surface area contributed by atoms with Crippen molar-refractivity contribution in [1.29, 1.82) is 0 Å². The number of hydrogen-bond acceptors (Lipinski definition) is 2. The van der Waals surface area contributed by atoms with Gasteiger partial charge in [-0.1, -0.05) is 25.8 Å². The van der Waals surface area contributed by atoms with E-state index >= 15 is 0 Å². The molecule has 0 aromatic rings. The molecule has 0 unspecified atom stereocenters. The maximum atomic E-state index is 11.7. The Kier molecular flexibility index (Phi) is 4.73. The third kappa shape index (κ3) is 4.59. The Bertz CT molecular complexity index is 317. The first kappa shape index (κ1) is 13.7. The second-order valence-electron chi connectivity index (χ2n) is 5.13. The van der Waals surface area contributed by atoms with Gasteiger partial charge in [-0.15, -0.1) is 0 Å². The summed E-state index contributed by atoms with van der Waals surface area (Å²) in [5.74, 6) is -0.391. The summed E-state index contributed by atoms with van der Waals surface area (Å²) in [5, 5.41) is 5.54. The van der Waals surface area contributed by atoms with Crippen molar-refractivity contribution in [2.24, 2.45) is 0 Å². The molecular weight excluding hydrogens is 216 g/mol. The van der Waals surface area contributed by atoms with Crippen LogP contribution in [0.1, 0.15) is 46.0 Å². The first-order valence-electron chi connectivity index (χ1n) is 6.18. The second kappa shape index (κ2) is 5.84. The van der Waals surface area contributed by atoms with Crippen LogP contribution in [0.5, 0.6) is 0 Å². The van der Waals surface area contributed by atoms with Gasteiger partial charge in [0.05, 0.1) is 6.54 Å². The molecule has 96 valence electrons. The van der Waals surface area contributed by atoms with Gasteiger partial charge in [0.25, 0.3) is 0 Å². The van der Waals surface area contributed by atoms with Gasteiger partial charge < -0.3 is 10.6 Å². The molecule has 0 saturated heterocycles. The Morgan fingerprint density at radius 2 is 1.82 bits per heavy atom. The largest absolute Gasteiger partial charge is 0.349 e. The quantitative estimate of drug-likeness (QED) is 0.729. The minimum atomic E-state index is -0.269. The maximum absolute atomic E-state index is 11.7. The molecule has 0 aliphatic heterocycles. The molecule has 0 spiro atoms. The summed E-state index contributed by atoms with van der Waals surface area (Å²) in [6.45, 7) is 7.24. The van der Waals surface area contributed by atoms with Gasteiger partial charge in [-0.05, 0) is 26.7 Å². The highest BCUT2D eigenvalue weighted by Gasteiger charge is 2.28. The van der Waals surface area contributed by atoms with Crippen LogP contribution in [0.4, 0.5) is 0 Å². The summed E-state index contributed by atoms with van der Waals surface area (Å²) < 4.78 is 0. The van der Waals surface area contributed by atoms with E-state index in [4.69, 9.17) is 0 Å². The van der Waals surface area contributed by atoms with Gasteiger partial charge in [0, 0.05) is 11.1 Å². The molecule has 0 heterocycles. The second-order valence-corrected chi connectivity index (χ2v) is 5.13. The number of hydrogen-bond donors (Lipinski definition) is 2. The highest BCUT2D eigenvalue weighted by molar-refractivity contribution is 5.94. The van der Waals surface area contributed by atoms with E-state index in [1.54, 1.807) is 6.92 Å². The molecular formula is C13H22N2O2. The summed E-state index contributed by atoms with van der Waals surface area (Å²) in [6.07, 6.45) is 5.61. The molecule has 2 amide bonds. The third-order valence-corrected chi connectivity index (χ3v) is 3.20.